The first-order valence-electron chi connectivity index (χ1n) is 10.9. The number of nitro benzene ring substituents is 1. The predicted molar refractivity (Wildman–Crippen MR) is 128 cm³/mol. The number of rotatable bonds is 8. The van der Waals surface area contributed by atoms with Crippen molar-refractivity contribution >= 4 is 34.8 Å². The van der Waals surface area contributed by atoms with E-state index in [2.05, 4.69) is 20.4 Å². The number of aromatic nitrogens is 2. The number of hydrogen-bond donors (Lipinski definition) is 1. The van der Waals surface area contributed by atoms with E-state index in [9.17, 15) is 14.9 Å². The molecule has 1 saturated heterocycles. The van der Waals surface area contributed by atoms with Gasteiger partial charge in [-0.25, -0.2) is 0 Å². The quantitative estimate of drug-likeness (QED) is 0.350. The molecule has 11 heteroatoms. The highest BCUT2D eigenvalue weighted by molar-refractivity contribution is 6.42. The molecule has 2 heterocycles. The number of hydrogen-bond acceptors (Lipinski definition) is 7. The second kappa shape index (κ2) is 10.9. The van der Waals surface area contributed by atoms with Gasteiger partial charge in [0.05, 0.1) is 15.0 Å². The molecule has 0 aliphatic carbocycles. The van der Waals surface area contributed by atoms with Crippen molar-refractivity contribution < 1.29 is 14.2 Å². The number of nitro groups is 1. The van der Waals surface area contributed by atoms with E-state index < -0.39 is 4.92 Å². The van der Waals surface area contributed by atoms with Gasteiger partial charge in [0.25, 0.3) is 5.69 Å². The fourth-order valence-electron chi connectivity index (χ4n) is 3.88. The fraction of sp³-hybridized carbons (Fsp3) is 0.348. The summed E-state index contributed by atoms with van der Waals surface area (Å²) in [6, 6.07) is 11.8. The molecule has 0 spiro atoms. The van der Waals surface area contributed by atoms with Gasteiger partial charge >= 0.3 is 0 Å². The van der Waals surface area contributed by atoms with Gasteiger partial charge in [0.1, 0.15) is 0 Å². The van der Waals surface area contributed by atoms with Crippen LogP contribution in [0.5, 0.6) is 0 Å². The van der Waals surface area contributed by atoms with Crippen LogP contribution < -0.4 is 5.32 Å². The first kappa shape index (κ1) is 24.1. The van der Waals surface area contributed by atoms with Crippen molar-refractivity contribution in [2.45, 2.75) is 38.3 Å². The van der Waals surface area contributed by atoms with Crippen LogP contribution >= 0.6 is 23.2 Å². The van der Waals surface area contributed by atoms with Crippen molar-refractivity contribution in [3.8, 4) is 11.4 Å². The number of nitrogens with one attached hydrogen (secondary N) is 1. The van der Waals surface area contributed by atoms with Crippen LogP contribution in [0.4, 0.5) is 5.69 Å². The summed E-state index contributed by atoms with van der Waals surface area (Å²) < 4.78 is 5.21. The third-order valence-corrected chi connectivity index (χ3v) is 6.43. The maximum atomic E-state index is 12.4. The van der Waals surface area contributed by atoms with E-state index in [0.29, 0.717) is 27.9 Å². The maximum absolute atomic E-state index is 12.4. The first-order valence-corrected chi connectivity index (χ1v) is 11.7. The number of nitrogens with zero attached hydrogens (tertiary/aromatic N) is 4. The Labute approximate surface area is 206 Å². The highest BCUT2D eigenvalue weighted by Gasteiger charge is 2.21. The molecule has 9 nitrogen and oxygen atoms in total. The van der Waals surface area contributed by atoms with Crippen LogP contribution in [-0.2, 0) is 17.8 Å². The highest BCUT2D eigenvalue weighted by Crippen LogP contribution is 2.24. The van der Waals surface area contributed by atoms with Crippen molar-refractivity contribution in [3.05, 3.63) is 74.1 Å². The van der Waals surface area contributed by atoms with Crippen LogP contribution in [0.1, 0.15) is 30.7 Å². The second-order valence-electron chi connectivity index (χ2n) is 8.19. The lowest BCUT2D eigenvalue weighted by Crippen LogP contribution is -2.44. The summed E-state index contributed by atoms with van der Waals surface area (Å²) >= 11 is 12.1. The molecular weight excluding hydrogens is 481 g/mol. The summed E-state index contributed by atoms with van der Waals surface area (Å²) in [6.07, 6.45) is 2.25. The molecule has 34 heavy (non-hydrogen) atoms. The molecule has 0 bridgehead atoms. The molecule has 3 aromatic rings. The van der Waals surface area contributed by atoms with E-state index in [-0.39, 0.29) is 29.9 Å². The molecule has 0 radical (unpaired) electrons. The Kier molecular flexibility index (Phi) is 7.77. The molecule has 0 atom stereocenters. The SMILES string of the molecule is O=C(CCc1nc(-c2cccc([N+](=O)[O-])c2)no1)NC1CCN(Cc2ccc(Cl)c(Cl)c2)CC1. The summed E-state index contributed by atoms with van der Waals surface area (Å²) in [5, 5.41) is 19.0. The number of piperidine rings is 1. The molecule has 1 amide bonds. The van der Waals surface area contributed by atoms with Gasteiger partial charge in [0.2, 0.25) is 17.6 Å². The van der Waals surface area contributed by atoms with Crippen molar-refractivity contribution in [1.82, 2.24) is 20.4 Å². The van der Waals surface area contributed by atoms with Crippen LogP contribution in [0.2, 0.25) is 10.0 Å². The third kappa shape index (κ3) is 6.31. The molecular formula is C23H23Cl2N5O4. The van der Waals surface area contributed by atoms with Gasteiger partial charge in [-0.2, -0.15) is 4.98 Å². The molecule has 1 fully saturated rings. The Hall–Kier alpha value is -3.01. The number of benzene rings is 2. The largest absolute Gasteiger partial charge is 0.353 e. The topological polar surface area (TPSA) is 114 Å². The van der Waals surface area contributed by atoms with Crippen molar-refractivity contribution in [1.29, 1.82) is 0 Å². The normalized spacial score (nSPS) is 14.8. The van der Waals surface area contributed by atoms with Gasteiger partial charge in [-0.1, -0.05) is 46.6 Å². The van der Waals surface area contributed by atoms with Gasteiger partial charge in [0.15, 0.2) is 0 Å². The van der Waals surface area contributed by atoms with Crippen molar-refractivity contribution in [3.63, 3.8) is 0 Å². The number of non-ortho nitro benzene ring substituents is 1. The number of halogens is 2. The van der Waals surface area contributed by atoms with Crippen LogP contribution in [0.25, 0.3) is 11.4 Å². The van der Waals surface area contributed by atoms with Gasteiger partial charge in [0, 0.05) is 56.2 Å². The molecule has 0 saturated carbocycles. The maximum Gasteiger partial charge on any atom is 0.270 e. The lowest BCUT2D eigenvalue weighted by atomic mass is 10.0. The van der Waals surface area contributed by atoms with Crippen LogP contribution in [-0.4, -0.2) is 45.0 Å². The van der Waals surface area contributed by atoms with Gasteiger partial charge in [-0.05, 0) is 30.5 Å². The summed E-state index contributed by atoms with van der Waals surface area (Å²) in [6.45, 7) is 2.55. The minimum Gasteiger partial charge on any atom is -0.353 e. The Morgan fingerprint density at radius 2 is 1.97 bits per heavy atom. The molecule has 2 aromatic carbocycles. The molecule has 178 valence electrons. The first-order chi connectivity index (χ1) is 16.4. The molecule has 1 aliphatic heterocycles. The Morgan fingerprint density at radius 3 is 2.71 bits per heavy atom. The third-order valence-electron chi connectivity index (χ3n) is 5.69. The zero-order chi connectivity index (χ0) is 24.1. The van der Waals surface area contributed by atoms with E-state index in [0.717, 1.165) is 38.0 Å². The van der Waals surface area contributed by atoms with E-state index in [1.807, 2.05) is 18.2 Å². The van der Waals surface area contributed by atoms with E-state index in [4.69, 9.17) is 27.7 Å². The monoisotopic (exact) mass is 503 g/mol. The zero-order valence-corrected chi connectivity index (χ0v) is 19.8. The molecule has 4 rings (SSSR count). The Balaban J connectivity index is 1.21. The van der Waals surface area contributed by atoms with Crippen molar-refractivity contribution in [2.24, 2.45) is 0 Å². The fourth-order valence-corrected chi connectivity index (χ4v) is 4.20. The van der Waals surface area contributed by atoms with Gasteiger partial charge in [-0.15, -0.1) is 0 Å². The summed E-state index contributed by atoms with van der Waals surface area (Å²) in [5.41, 5.74) is 1.55. The van der Waals surface area contributed by atoms with E-state index >= 15 is 0 Å². The minimum absolute atomic E-state index is 0.0498. The van der Waals surface area contributed by atoms with Crippen LogP contribution in [0, 0.1) is 10.1 Å². The summed E-state index contributed by atoms with van der Waals surface area (Å²) in [4.78, 5) is 29.5. The summed E-state index contributed by atoms with van der Waals surface area (Å²) in [7, 11) is 0. The highest BCUT2D eigenvalue weighted by atomic mass is 35.5. The Morgan fingerprint density at radius 1 is 1.18 bits per heavy atom. The lowest BCUT2D eigenvalue weighted by molar-refractivity contribution is -0.384. The molecule has 1 aliphatic rings. The van der Waals surface area contributed by atoms with Gasteiger partial charge in [-0.3, -0.25) is 19.8 Å². The zero-order valence-electron chi connectivity index (χ0n) is 18.2. The standard InChI is InChI=1S/C23H23Cl2N5O4/c24-19-5-4-15(12-20(19)25)14-29-10-8-17(9-11-29)26-21(31)6-7-22-27-23(28-34-22)16-2-1-3-18(13-16)30(32)33/h1-5,12-13,17H,6-11,14H2,(H,26,31). The average molecular weight is 504 g/mol. The number of likely N-dealkylation sites (tertiary alicyclic amines) is 1. The predicted octanol–water partition coefficient (Wildman–Crippen LogP) is 4.67. The molecule has 1 N–H and O–H groups in total. The number of amides is 1. The summed E-state index contributed by atoms with van der Waals surface area (Å²) in [5.74, 6) is 0.500. The molecule has 0 unspecified atom stereocenters. The van der Waals surface area contributed by atoms with Crippen LogP contribution in [0.15, 0.2) is 47.0 Å². The van der Waals surface area contributed by atoms with Gasteiger partial charge < -0.3 is 9.84 Å². The number of carbonyl (C=O) groups is 1. The number of carbonyl (C=O) groups excluding carboxylic acids is 1. The lowest BCUT2D eigenvalue weighted by Gasteiger charge is -2.32. The number of aryl methyl sites for hydroxylation is 1. The smallest absolute Gasteiger partial charge is 0.270 e. The second-order valence-corrected chi connectivity index (χ2v) is 9.00. The molecule has 1 aromatic heterocycles. The van der Waals surface area contributed by atoms with Crippen molar-refractivity contribution in [2.75, 3.05) is 13.1 Å². The minimum atomic E-state index is -0.480. The van der Waals surface area contributed by atoms with Crippen LogP contribution in [0.3, 0.4) is 0 Å². The average Bonchev–Trinajstić information content (AvgIpc) is 3.31. The van der Waals surface area contributed by atoms with E-state index in [1.165, 1.54) is 12.1 Å². The Bertz CT molecular complexity index is 1180. The van der Waals surface area contributed by atoms with E-state index in [1.54, 1.807) is 12.1 Å².